The van der Waals surface area contributed by atoms with Gasteiger partial charge < -0.3 is 19.8 Å². The summed E-state index contributed by atoms with van der Waals surface area (Å²) < 4.78 is 24.7. The Morgan fingerprint density at radius 3 is 1.85 bits per heavy atom. The van der Waals surface area contributed by atoms with Crippen LogP contribution in [0, 0.1) is 0 Å². The van der Waals surface area contributed by atoms with Crippen molar-refractivity contribution in [2.45, 2.75) is 13.8 Å². The molecule has 20 heavy (non-hydrogen) atoms. The molecule has 3 N–H and O–H groups in total. The van der Waals surface area contributed by atoms with E-state index in [1.807, 2.05) is 6.92 Å². The highest BCUT2D eigenvalue weighted by atomic mass is 31.2. The van der Waals surface area contributed by atoms with E-state index in [1.54, 1.807) is 6.92 Å². The van der Waals surface area contributed by atoms with Crippen molar-refractivity contribution in [3.8, 4) is 0 Å². The average molecular weight is 314 g/mol. The van der Waals surface area contributed by atoms with E-state index in [4.69, 9.17) is 19.8 Å². The standard InChI is InChI=1S/C6H15O5P.C4H4O4/c1-3-9-5-6-11-12(7,8)10-4-2;5-3(6)1-2-4(7)8/h3-6H2,1-2H3,(H,7,8);1-2H,(H,5,6)(H,7,8)/b;2-1+. The molecule has 1 unspecified atom stereocenters. The van der Waals surface area contributed by atoms with E-state index in [0.29, 0.717) is 25.4 Å². The van der Waals surface area contributed by atoms with Crippen molar-refractivity contribution in [3.63, 3.8) is 0 Å². The normalized spacial score (nSPS) is 13.3. The Balaban J connectivity index is 0. The molecule has 0 heterocycles. The zero-order valence-electron chi connectivity index (χ0n) is 11.2. The molecule has 118 valence electrons. The summed E-state index contributed by atoms with van der Waals surface area (Å²) >= 11 is 0. The molecule has 0 rings (SSSR count). The maximum atomic E-state index is 10.8. The van der Waals surface area contributed by atoms with E-state index in [1.165, 1.54) is 0 Å². The molecule has 0 aromatic heterocycles. The fraction of sp³-hybridized carbons (Fsp3) is 0.600. The molecule has 0 spiro atoms. The van der Waals surface area contributed by atoms with Crippen LogP contribution in [-0.4, -0.2) is 53.5 Å². The molecular formula is C10H19O9P. The SMILES string of the molecule is CCOCCOP(=O)(O)OCC.O=C(O)/C=C/C(=O)O. The molecule has 0 saturated carbocycles. The lowest BCUT2D eigenvalue weighted by atomic mass is 10.5. The van der Waals surface area contributed by atoms with Crippen LogP contribution in [0.1, 0.15) is 13.8 Å². The number of carbonyl (C=O) groups is 2. The van der Waals surface area contributed by atoms with Crippen LogP contribution in [0.15, 0.2) is 12.2 Å². The molecular weight excluding hydrogens is 295 g/mol. The molecule has 9 nitrogen and oxygen atoms in total. The molecule has 10 heteroatoms. The Morgan fingerprint density at radius 1 is 1.00 bits per heavy atom. The van der Waals surface area contributed by atoms with Gasteiger partial charge in [0.2, 0.25) is 0 Å². The second kappa shape index (κ2) is 12.8. The lowest BCUT2D eigenvalue weighted by molar-refractivity contribution is -0.134. The Hall–Kier alpha value is -1.25. The second-order valence-corrected chi connectivity index (χ2v) is 4.38. The van der Waals surface area contributed by atoms with Crippen molar-refractivity contribution in [2.24, 2.45) is 0 Å². The van der Waals surface area contributed by atoms with E-state index in [2.05, 4.69) is 9.05 Å². The minimum atomic E-state index is -3.81. The first kappa shape index (κ1) is 21.1. The van der Waals surface area contributed by atoms with Crippen molar-refractivity contribution in [3.05, 3.63) is 12.2 Å². The Kier molecular flexibility index (Phi) is 13.4. The van der Waals surface area contributed by atoms with Crippen LogP contribution < -0.4 is 0 Å². The van der Waals surface area contributed by atoms with Gasteiger partial charge in [-0.3, -0.25) is 9.05 Å². The minimum Gasteiger partial charge on any atom is -0.478 e. The van der Waals surface area contributed by atoms with E-state index in [9.17, 15) is 14.2 Å². The maximum absolute atomic E-state index is 10.8. The lowest BCUT2D eigenvalue weighted by Gasteiger charge is -2.10. The van der Waals surface area contributed by atoms with Crippen molar-refractivity contribution in [2.75, 3.05) is 26.4 Å². The Bertz CT molecular complexity index is 337. The predicted octanol–water partition coefficient (Wildman–Crippen LogP) is 0.888. The third-order valence-electron chi connectivity index (χ3n) is 1.35. The zero-order chi connectivity index (χ0) is 16.0. The first-order chi connectivity index (χ1) is 9.25. The van der Waals surface area contributed by atoms with E-state index in [0.717, 1.165) is 0 Å². The lowest BCUT2D eigenvalue weighted by Crippen LogP contribution is -2.03. The molecule has 1 atom stereocenters. The highest BCUT2D eigenvalue weighted by Crippen LogP contribution is 2.42. The first-order valence-electron chi connectivity index (χ1n) is 5.58. The molecule has 0 aromatic rings. The van der Waals surface area contributed by atoms with E-state index >= 15 is 0 Å². The minimum absolute atomic E-state index is 0.0710. The molecule has 0 radical (unpaired) electrons. The largest absolute Gasteiger partial charge is 0.478 e. The molecule has 0 aliphatic carbocycles. The van der Waals surface area contributed by atoms with Gasteiger partial charge in [0.15, 0.2) is 0 Å². The zero-order valence-corrected chi connectivity index (χ0v) is 12.1. The summed E-state index contributed by atoms with van der Waals surface area (Å²) in [7, 11) is -3.81. The third-order valence-corrected chi connectivity index (χ3v) is 2.44. The van der Waals surface area contributed by atoms with Crippen molar-refractivity contribution < 1.29 is 43.0 Å². The summed E-state index contributed by atoms with van der Waals surface area (Å²) in [6.45, 7) is 4.54. The quantitative estimate of drug-likeness (QED) is 0.321. The summed E-state index contributed by atoms with van der Waals surface area (Å²) in [4.78, 5) is 28.0. The highest BCUT2D eigenvalue weighted by Gasteiger charge is 2.18. The summed E-state index contributed by atoms with van der Waals surface area (Å²) in [6.07, 6.45) is 1.12. The molecule has 0 aliphatic heterocycles. The number of carboxylic acid groups (broad SMARTS) is 2. The number of aliphatic carboxylic acids is 2. The molecule has 0 amide bonds. The molecule has 0 fully saturated rings. The summed E-state index contributed by atoms with van der Waals surface area (Å²) in [5, 5.41) is 15.6. The van der Waals surface area contributed by atoms with Crippen LogP contribution in [0.4, 0.5) is 0 Å². The van der Waals surface area contributed by atoms with Crippen LogP contribution >= 0.6 is 7.82 Å². The molecule has 0 saturated heterocycles. The average Bonchev–Trinajstić information content (AvgIpc) is 2.33. The number of hydrogen-bond donors (Lipinski definition) is 3. The molecule has 0 bridgehead atoms. The fourth-order valence-corrected chi connectivity index (χ4v) is 1.40. The van der Waals surface area contributed by atoms with Crippen LogP contribution in [0.5, 0.6) is 0 Å². The van der Waals surface area contributed by atoms with Gasteiger partial charge in [0, 0.05) is 18.8 Å². The van der Waals surface area contributed by atoms with Gasteiger partial charge in [0.25, 0.3) is 0 Å². The van der Waals surface area contributed by atoms with Crippen molar-refractivity contribution >= 4 is 19.8 Å². The van der Waals surface area contributed by atoms with Crippen LogP contribution in [-0.2, 0) is 27.9 Å². The maximum Gasteiger partial charge on any atom is 0.472 e. The fourth-order valence-electron chi connectivity index (χ4n) is 0.699. The third kappa shape index (κ3) is 19.1. The Morgan fingerprint density at radius 2 is 1.50 bits per heavy atom. The van der Waals surface area contributed by atoms with Gasteiger partial charge in [-0.15, -0.1) is 0 Å². The summed E-state index contributed by atoms with van der Waals surface area (Å²) in [6, 6.07) is 0. The molecule has 0 aromatic carbocycles. The van der Waals surface area contributed by atoms with Crippen LogP contribution in [0.3, 0.4) is 0 Å². The van der Waals surface area contributed by atoms with Crippen molar-refractivity contribution in [1.82, 2.24) is 0 Å². The summed E-state index contributed by atoms with van der Waals surface area (Å²) in [5.41, 5.74) is 0. The molecule has 0 aliphatic rings. The topological polar surface area (TPSA) is 140 Å². The van der Waals surface area contributed by atoms with E-state index in [-0.39, 0.29) is 13.2 Å². The van der Waals surface area contributed by atoms with Gasteiger partial charge in [0.1, 0.15) is 0 Å². The number of rotatable bonds is 9. The van der Waals surface area contributed by atoms with Gasteiger partial charge in [-0.1, -0.05) is 0 Å². The Labute approximate surface area is 116 Å². The summed E-state index contributed by atoms with van der Waals surface area (Å²) in [5.74, 6) is -2.51. The number of ether oxygens (including phenoxy) is 1. The highest BCUT2D eigenvalue weighted by molar-refractivity contribution is 7.47. The smallest absolute Gasteiger partial charge is 0.472 e. The van der Waals surface area contributed by atoms with Gasteiger partial charge in [-0.25, -0.2) is 14.2 Å². The number of hydrogen-bond acceptors (Lipinski definition) is 6. The van der Waals surface area contributed by atoms with Gasteiger partial charge >= 0.3 is 19.8 Å². The predicted molar refractivity (Wildman–Crippen MR) is 68.3 cm³/mol. The second-order valence-electron chi connectivity index (χ2n) is 2.93. The number of carboxylic acids is 2. The van der Waals surface area contributed by atoms with Gasteiger partial charge in [-0.05, 0) is 13.8 Å². The van der Waals surface area contributed by atoms with E-state index < -0.39 is 19.8 Å². The van der Waals surface area contributed by atoms with Gasteiger partial charge in [0.05, 0.1) is 19.8 Å². The van der Waals surface area contributed by atoms with Crippen LogP contribution in [0.25, 0.3) is 0 Å². The van der Waals surface area contributed by atoms with Crippen LogP contribution in [0.2, 0.25) is 0 Å². The number of phosphoric acid groups is 1. The monoisotopic (exact) mass is 314 g/mol. The number of phosphoric ester groups is 1. The van der Waals surface area contributed by atoms with Gasteiger partial charge in [-0.2, -0.15) is 0 Å². The van der Waals surface area contributed by atoms with Crippen molar-refractivity contribution in [1.29, 1.82) is 0 Å². The first-order valence-corrected chi connectivity index (χ1v) is 7.08.